The lowest BCUT2D eigenvalue weighted by atomic mass is 10.1. The van der Waals surface area contributed by atoms with E-state index in [4.69, 9.17) is 21.1 Å². The van der Waals surface area contributed by atoms with Crippen molar-refractivity contribution < 1.29 is 14.3 Å². The zero-order chi connectivity index (χ0) is 18.0. The first-order valence-electron chi connectivity index (χ1n) is 8.35. The van der Waals surface area contributed by atoms with Gasteiger partial charge in [-0.05, 0) is 39.3 Å². The van der Waals surface area contributed by atoms with Crippen LogP contribution in [0.4, 0.5) is 4.79 Å². The third-order valence-electron chi connectivity index (χ3n) is 3.89. The van der Waals surface area contributed by atoms with Crippen LogP contribution in [0.15, 0.2) is 24.3 Å². The van der Waals surface area contributed by atoms with Gasteiger partial charge in [-0.25, -0.2) is 14.8 Å². The third-order valence-corrected chi connectivity index (χ3v) is 4.14. The highest BCUT2D eigenvalue weighted by Gasteiger charge is 2.30. The highest BCUT2D eigenvalue weighted by Crippen LogP contribution is 2.25. The van der Waals surface area contributed by atoms with Crippen LogP contribution in [-0.2, 0) is 4.74 Å². The predicted molar refractivity (Wildman–Crippen MR) is 96.0 cm³/mol. The first-order chi connectivity index (χ1) is 11.8. The van der Waals surface area contributed by atoms with Crippen LogP contribution in [-0.4, -0.2) is 46.3 Å². The van der Waals surface area contributed by atoms with E-state index in [1.165, 1.54) is 0 Å². The largest absolute Gasteiger partial charge is 0.475 e. The summed E-state index contributed by atoms with van der Waals surface area (Å²) in [6.45, 7) is 7.30. The second-order valence-corrected chi connectivity index (χ2v) is 7.56. The lowest BCUT2D eigenvalue weighted by molar-refractivity contribution is 0.0284. The fourth-order valence-electron chi connectivity index (χ4n) is 2.71. The minimum absolute atomic E-state index is 0.219. The molecule has 0 spiro atoms. The minimum atomic E-state index is -0.486. The molecule has 0 bridgehead atoms. The summed E-state index contributed by atoms with van der Waals surface area (Å²) >= 11 is 6.16. The Balaban J connectivity index is 1.58. The van der Waals surface area contributed by atoms with Gasteiger partial charge in [0, 0.05) is 19.0 Å². The highest BCUT2D eigenvalue weighted by atomic mass is 35.5. The molecular formula is C18H22ClN3O3. The molecule has 1 aromatic heterocycles. The van der Waals surface area contributed by atoms with Gasteiger partial charge in [-0.1, -0.05) is 23.7 Å². The van der Waals surface area contributed by atoms with Crippen LogP contribution in [0.5, 0.6) is 5.88 Å². The smallest absolute Gasteiger partial charge is 0.410 e. The van der Waals surface area contributed by atoms with Crippen LogP contribution < -0.4 is 4.74 Å². The molecule has 1 amide bonds. The lowest BCUT2D eigenvalue weighted by Gasteiger charge is -2.24. The molecule has 0 N–H and O–H groups in total. The molecule has 1 unspecified atom stereocenters. The molecule has 6 nitrogen and oxygen atoms in total. The molecule has 0 saturated carbocycles. The molecule has 1 aliphatic heterocycles. The van der Waals surface area contributed by atoms with Gasteiger partial charge < -0.3 is 14.4 Å². The predicted octanol–water partition coefficient (Wildman–Crippen LogP) is 3.92. The van der Waals surface area contributed by atoms with Gasteiger partial charge in [0.15, 0.2) is 5.15 Å². The van der Waals surface area contributed by atoms with Crippen molar-refractivity contribution in [3.63, 3.8) is 0 Å². The van der Waals surface area contributed by atoms with E-state index < -0.39 is 5.60 Å². The van der Waals surface area contributed by atoms with Gasteiger partial charge in [0.2, 0.25) is 0 Å². The van der Waals surface area contributed by atoms with Gasteiger partial charge in [-0.3, -0.25) is 0 Å². The monoisotopic (exact) mass is 363 g/mol. The summed E-state index contributed by atoms with van der Waals surface area (Å²) in [5.74, 6) is 0.549. The minimum Gasteiger partial charge on any atom is -0.475 e. The van der Waals surface area contributed by atoms with E-state index in [1.54, 1.807) is 4.90 Å². The fourth-order valence-corrected chi connectivity index (χ4v) is 2.90. The number of carbonyl (C=O) groups excluding carboxylic acids is 1. The lowest BCUT2D eigenvalue weighted by Crippen LogP contribution is -2.35. The molecule has 0 radical (unpaired) electrons. The van der Waals surface area contributed by atoms with Crippen molar-refractivity contribution in [3.8, 4) is 5.88 Å². The molecule has 25 heavy (non-hydrogen) atoms. The summed E-state index contributed by atoms with van der Waals surface area (Å²) in [6, 6.07) is 7.50. The van der Waals surface area contributed by atoms with Gasteiger partial charge in [0.05, 0.1) is 17.6 Å². The highest BCUT2D eigenvalue weighted by molar-refractivity contribution is 6.31. The number of hydrogen-bond donors (Lipinski definition) is 0. The number of para-hydroxylation sites is 2. The van der Waals surface area contributed by atoms with Crippen LogP contribution >= 0.6 is 11.6 Å². The maximum atomic E-state index is 12.1. The Labute approximate surface area is 152 Å². The van der Waals surface area contributed by atoms with Crippen LogP contribution in [0.25, 0.3) is 11.0 Å². The van der Waals surface area contributed by atoms with Crippen molar-refractivity contribution in [1.29, 1.82) is 0 Å². The number of aromatic nitrogens is 2. The van der Waals surface area contributed by atoms with Gasteiger partial charge >= 0.3 is 6.09 Å². The molecule has 134 valence electrons. The average molecular weight is 364 g/mol. The zero-order valence-corrected chi connectivity index (χ0v) is 15.4. The van der Waals surface area contributed by atoms with Gasteiger partial charge in [-0.2, -0.15) is 0 Å². The molecule has 1 aliphatic rings. The summed E-state index contributed by atoms with van der Waals surface area (Å²) < 4.78 is 11.2. The molecule has 2 aromatic rings. The fraction of sp³-hybridized carbons (Fsp3) is 0.500. The molecular weight excluding hydrogens is 342 g/mol. The van der Waals surface area contributed by atoms with E-state index in [0.717, 1.165) is 17.5 Å². The molecule has 7 heteroatoms. The number of ether oxygens (including phenoxy) is 2. The van der Waals surface area contributed by atoms with Crippen LogP contribution in [0.1, 0.15) is 27.2 Å². The third kappa shape index (κ3) is 4.51. The van der Waals surface area contributed by atoms with E-state index in [1.807, 2.05) is 45.0 Å². The Morgan fingerprint density at radius 3 is 2.64 bits per heavy atom. The first kappa shape index (κ1) is 17.7. The van der Waals surface area contributed by atoms with Crippen molar-refractivity contribution in [1.82, 2.24) is 14.9 Å². The number of likely N-dealkylation sites (tertiary alicyclic amines) is 1. The van der Waals surface area contributed by atoms with Gasteiger partial charge in [0.1, 0.15) is 5.60 Å². The Morgan fingerprint density at radius 2 is 1.96 bits per heavy atom. The first-order valence-corrected chi connectivity index (χ1v) is 8.72. The molecule has 2 heterocycles. The second-order valence-electron chi connectivity index (χ2n) is 7.20. The number of carbonyl (C=O) groups is 1. The van der Waals surface area contributed by atoms with E-state index >= 15 is 0 Å². The summed E-state index contributed by atoms with van der Waals surface area (Å²) in [6.07, 6.45) is 0.580. The maximum Gasteiger partial charge on any atom is 0.410 e. The van der Waals surface area contributed by atoms with Crippen LogP contribution in [0.2, 0.25) is 5.15 Å². The van der Waals surface area contributed by atoms with E-state index in [9.17, 15) is 4.79 Å². The quantitative estimate of drug-likeness (QED) is 0.826. The molecule has 3 rings (SSSR count). The van der Waals surface area contributed by atoms with Crippen molar-refractivity contribution in [2.75, 3.05) is 19.7 Å². The van der Waals surface area contributed by atoms with Crippen molar-refractivity contribution >= 4 is 28.7 Å². The number of nitrogens with zero attached hydrogens (tertiary/aromatic N) is 3. The Bertz CT molecular complexity index is 776. The van der Waals surface area contributed by atoms with E-state index in [-0.39, 0.29) is 17.2 Å². The zero-order valence-electron chi connectivity index (χ0n) is 14.7. The summed E-state index contributed by atoms with van der Waals surface area (Å²) in [7, 11) is 0. The Morgan fingerprint density at radius 1 is 1.28 bits per heavy atom. The number of fused-ring (bicyclic) bond motifs is 1. The number of rotatable bonds is 3. The standard InChI is InChI=1S/C18H22ClN3O3/c1-18(2,3)25-17(23)22-9-8-12(10-22)11-24-16-15(19)20-13-6-4-5-7-14(13)21-16/h4-7,12H,8-11H2,1-3H3. The normalized spacial score (nSPS) is 17.8. The summed E-state index contributed by atoms with van der Waals surface area (Å²) in [4.78, 5) is 22.5. The van der Waals surface area contributed by atoms with Crippen molar-refractivity contribution in [2.24, 2.45) is 5.92 Å². The Kier molecular flexibility index (Phi) is 4.99. The van der Waals surface area contributed by atoms with Gasteiger partial charge in [-0.15, -0.1) is 0 Å². The number of hydrogen-bond acceptors (Lipinski definition) is 5. The molecule has 0 aliphatic carbocycles. The van der Waals surface area contributed by atoms with Crippen molar-refractivity contribution in [2.45, 2.75) is 32.8 Å². The molecule has 1 atom stereocenters. The van der Waals surface area contributed by atoms with Gasteiger partial charge in [0.25, 0.3) is 5.88 Å². The molecule has 1 aromatic carbocycles. The average Bonchev–Trinajstić information content (AvgIpc) is 3.00. The second kappa shape index (κ2) is 7.04. The van der Waals surface area contributed by atoms with E-state index in [0.29, 0.717) is 25.6 Å². The maximum absolute atomic E-state index is 12.1. The van der Waals surface area contributed by atoms with E-state index in [2.05, 4.69) is 9.97 Å². The number of halogens is 1. The molecule has 1 saturated heterocycles. The SMILES string of the molecule is CC(C)(C)OC(=O)N1CCC(COc2nc3ccccc3nc2Cl)C1. The topological polar surface area (TPSA) is 64.5 Å². The van der Waals surface area contributed by atoms with Crippen LogP contribution in [0.3, 0.4) is 0 Å². The molecule has 1 fully saturated rings. The van der Waals surface area contributed by atoms with Crippen molar-refractivity contribution in [3.05, 3.63) is 29.4 Å². The van der Waals surface area contributed by atoms with Crippen LogP contribution in [0, 0.1) is 5.92 Å². The number of amides is 1. The number of benzene rings is 1. The summed E-state index contributed by atoms with van der Waals surface area (Å²) in [5, 5.41) is 0.251. The summed E-state index contributed by atoms with van der Waals surface area (Å²) in [5.41, 5.74) is 0.986. The Hall–Kier alpha value is -2.08.